The molecule has 0 saturated carbocycles. The molecule has 28 heteroatoms. The van der Waals surface area contributed by atoms with Gasteiger partial charge in [-0.3, -0.25) is 52.7 Å². The van der Waals surface area contributed by atoms with E-state index in [2.05, 4.69) is 52.8 Å². The van der Waals surface area contributed by atoms with Crippen LogP contribution in [0.25, 0.3) is 10.9 Å². The van der Waals surface area contributed by atoms with E-state index in [1.54, 1.807) is 114 Å². The number of amides is 10. The maximum absolute atomic E-state index is 14.8. The average Bonchev–Trinajstić information content (AvgIpc) is 1.66. The highest BCUT2D eigenvalue weighted by Gasteiger charge is 2.38. The van der Waals surface area contributed by atoms with Gasteiger partial charge in [0.25, 0.3) is 0 Å². The van der Waals surface area contributed by atoms with Crippen LogP contribution in [-0.2, 0) is 76.8 Å². The fourth-order valence-corrected chi connectivity index (χ4v) is 10.3. The van der Waals surface area contributed by atoms with E-state index in [4.69, 9.17) is 11.5 Å². The molecule has 17 N–H and O–H groups in total. The average molecular weight is 1300 g/mol. The third-order valence-electron chi connectivity index (χ3n) is 15.6. The number of nitrogens with two attached hydrogens (primary N) is 2. The Hall–Kier alpha value is -9.05. The molecule has 0 aliphatic carbocycles. The van der Waals surface area contributed by atoms with Crippen LogP contribution in [-0.4, -0.2) is 164 Å². The number of carboxylic acid groups (broad SMARTS) is 2. The lowest BCUT2D eigenvalue weighted by Gasteiger charge is -2.30. The van der Waals surface area contributed by atoms with Crippen LogP contribution in [0.2, 0.25) is 0 Å². The molecule has 0 spiro atoms. The first-order valence-corrected chi connectivity index (χ1v) is 32.0. The second-order valence-electron chi connectivity index (χ2n) is 23.4. The molecule has 92 heavy (non-hydrogen) atoms. The lowest BCUT2D eigenvalue weighted by molar-refractivity contribution is -0.142. The van der Waals surface area contributed by atoms with Crippen molar-refractivity contribution < 1.29 is 72.9 Å². The van der Waals surface area contributed by atoms with Gasteiger partial charge < -0.3 is 79.6 Å². The van der Waals surface area contributed by atoms with Gasteiger partial charge in [-0.2, -0.15) is 11.8 Å². The molecule has 502 valence electrons. The minimum absolute atomic E-state index is 0.0144. The fraction of sp³-hybridized carbons (Fsp3) is 0.500. The van der Waals surface area contributed by atoms with Crippen LogP contribution in [0.3, 0.4) is 0 Å². The van der Waals surface area contributed by atoms with Crippen LogP contribution in [0.5, 0.6) is 5.75 Å². The summed E-state index contributed by atoms with van der Waals surface area (Å²) >= 11 is 1.50. The first kappa shape index (κ1) is 75.4. The lowest BCUT2D eigenvalue weighted by atomic mass is 9.96. The van der Waals surface area contributed by atoms with E-state index in [9.17, 15) is 72.9 Å². The van der Waals surface area contributed by atoms with Gasteiger partial charge in [-0.05, 0) is 90.8 Å². The standard InChI is InChI=1S/C64H90N12O15S/c1-9-35(5)53(76-61(87)47(29-39-20-22-41(77)23-21-39)70-56(82)43(65)26-27-92-8)62(88)68-37(7)55(81)75-54(36(6)10-2)63(89)73-48(31-40-33-67-44-19-15-14-18-42(40)44)59(85)71-46(28-34(3)4)58(84)69-45(24-25-52(79)80)57(83)72-49(32-51(66)78)60(86)74-50(64(90)91)30-38-16-12-11-13-17-38/h11-23,33-37,43,45-50,53-54,67,77H,9-10,24-32,65H2,1-8H3,(H2,66,78)(H,68,88)(H,69,84)(H,70,82)(H,71,85)(H,72,83)(H,73,89)(H,74,86)(H,75,81)(H,76,87)(H,79,80)(H,90,91)/t35-,36-,37-,43-,45-,46-,47-,48-,49-,50-,53-,54-/m0/s1. The number of rotatable bonds is 39. The van der Waals surface area contributed by atoms with E-state index in [1.165, 1.54) is 30.8 Å². The summed E-state index contributed by atoms with van der Waals surface area (Å²) in [5.41, 5.74) is 14.0. The van der Waals surface area contributed by atoms with Crippen LogP contribution in [0.15, 0.2) is 85.1 Å². The number of aliphatic carboxylic acids is 2. The van der Waals surface area contributed by atoms with Crippen molar-refractivity contribution in [2.45, 2.75) is 173 Å². The molecule has 0 saturated heterocycles. The highest BCUT2D eigenvalue weighted by molar-refractivity contribution is 7.98. The molecule has 0 aliphatic rings. The predicted molar refractivity (Wildman–Crippen MR) is 345 cm³/mol. The van der Waals surface area contributed by atoms with Crippen LogP contribution < -0.4 is 59.3 Å². The second-order valence-corrected chi connectivity index (χ2v) is 24.4. The normalized spacial score (nSPS) is 15.2. The number of aromatic hydroxyl groups is 1. The van der Waals surface area contributed by atoms with Crippen molar-refractivity contribution in [3.8, 4) is 5.75 Å². The Balaban J connectivity index is 1.60. The number of para-hydroxylation sites is 1. The number of H-pyrrole nitrogens is 1. The van der Waals surface area contributed by atoms with Crippen molar-refractivity contribution in [3.05, 3.63) is 102 Å². The summed E-state index contributed by atoms with van der Waals surface area (Å²) < 4.78 is 0. The summed E-state index contributed by atoms with van der Waals surface area (Å²) in [5.74, 6) is -12.6. The number of aromatic amines is 1. The van der Waals surface area contributed by atoms with Crippen LogP contribution in [0, 0.1) is 17.8 Å². The van der Waals surface area contributed by atoms with Crippen LogP contribution in [0.4, 0.5) is 0 Å². The van der Waals surface area contributed by atoms with Gasteiger partial charge >= 0.3 is 11.9 Å². The second kappa shape index (κ2) is 37.3. The first-order valence-electron chi connectivity index (χ1n) is 30.6. The van der Waals surface area contributed by atoms with Gasteiger partial charge in [0.15, 0.2) is 0 Å². The Bertz CT molecular complexity index is 3180. The molecular formula is C64H90N12O15S. The van der Waals surface area contributed by atoms with Crippen molar-refractivity contribution in [3.63, 3.8) is 0 Å². The number of aromatic nitrogens is 1. The van der Waals surface area contributed by atoms with Crippen molar-refractivity contribution in [2.24, 2.45) is 29.2 Å². The minimum atomic E-state index is -1.79. The van der Waals surface area contributed by atoms with E-state index in [-0.39, 0.29) is 37.4 Å². The molecule has 3 aromatic carbocycles. The number of benzene rings is 3. The molecule has 4 rings (SSSR count). The lowest BCUT2D eigenvalue weighted by Crippen LogP contribution is -2.62. The van der Waals surface area contributed by atoms with E-state index >= 15 is 0 Å². The SMILES string of the molecule is CC[C@H](C)[C@H](NC(=O)[C@H](C)NC(=O)[C@@H](NC(=O)[C@H](Cc1ccc(O)cc1)NC(=O)[C@@H](N)CCSC)[C@@H](C)CC)C(=O)N[C@@H](Cc1c[nH]c2ccccc12)C(=O)N[C@@H](CC(C)C)C(=O)N[C@@H](CCC(=O)O)C(=O)N[C@@H](CC(N)=O)C(=O)N[C@@H](Cc1ccccc1)C(=O)O. The molecule has 4 aromatic rings. The van der Waals surface area contributed by atoms with Crippen molar-refractivity contribution in [2.75, 3.05) is 12.0 Å². The number of carbonyl (C=O) groups is 12. The molecule has 1 heterocycles. The Kier molecular flexibility index (Phi) is 30.6. The predicted octanol–water partition coefficient (Wildman–Crippen LogP) is 1.33. The molecule has 0 bridgehead atoms. The largest absolute Gasteiger partial charge is 0.508 e. The van der Waals surface area contributed by atoms with Gasteiger partial charge in [0.2, 0.25) is 59.1 Å². The molecule has 0 unspecified atom stereocenters. The van der Waals surface area contributed by atoms with Crippen molar-refractivity contribution >= 4 is 93.7 Å². The number of fused-ring (bicyclic) bond motifs is 1. The minimum Gasteiger partial charge on any atom is -0.508 e. The summed E-state index contributed by atoms with van der Waals surface area (Å²) in [7, 11) is 0. The number of hydrogen-bond donors (Lipinski definition) is 15. The maximum atomic E-state index is 14.8. The monoisotopic (exact) mass is 1300 g/mol. The maximum Gasteiger partial charge on any atom is 0.326 e. The zero-order valence-electron chi connectivity index (χ0n) is 53.2. The van der Waals surface area contributed by atoms with Gasteiger partial charge in [0.05, 0.1) is 12.5 Å². The quantitative estimate of drug-likeness (QED) is 0.0300. The highest BCUT2D eigenvalue weighted by atomic mass is 32.2. The number of primary amides is 1. The highest BCUT2D eigenvalue weighted by Crippen LogP contribution is 2.21. The topological polar surface area (TPSA) is 442 Å². The van der Waals surface area contributed by atoms with Gasteiger partial charge in [0.1, 0.15) is 60.1 Å². The fourth-order valence-electron chi connectivity index (χ4n) is 9.82. The van der Waals surface area contributed by atoms with E-state index < -0.39 is 163 Å². The van der Waals surface area contributed by atoms with Crippen LogP contribution >= 0.6 is 11.8 Å². The number of phenolic OH excluding ortho intramolecular Hbond substituents is 1. The van der Waals surface area contributed by atoms with Gasteiger partial charge in [-0.25, -0.2) is 4.79 Å². The van der Waals surface area contributed by atoms with Crippen molar-refractivity contribution in [1.82, 2.24) is 52.8 Å². The first-order chi connectivity index (χ1) is 43.5. The number of carboxylic acids is 2. The summed E-state index contributed by atoms with van der Waals surface area (Å²) in [6.45, 7) is 11.8. The molecule has 1 aromatic heterocycles. The number of carbonyl (C=O) groups excluding carboxylic acids is 10. The number of phenols is 1. The Morgan fingerprint density at radius 1 is 0.522 bits per heavy atom. The number of nitrogens with one attached hydrogen (secondary N) is 10. The zero-order chi connectivity index (χ0) is 68.4. The molecule has 27 nitrogen and oxygen atoms in total. The summed E-state index contributed by atoms with van der Waals surface area (Å²) in [6.07, 6.45) is 1.99. The smallest absolute Gasteiger partial charge is 0.326 e. The van der Waals surface area contributed by atoms with E-state index in [0.717, 1.165) is 0 Å². The molecule has 10 amide bonds. The third-order valence-corrected chi connectivity index (χ3v) is 16.2. The van der Waals surface area contributed by atoms with Crippen LogP contribution in [0.1, 0.15) is 110 Å². The van der Waals surface area contributed by atoms with E-state index in [0.29, 0.717) is 52.6 Å². The molecule has 0 radical (unpaired) electrons. The Labute approximate surface area is 539 Å². The molecular weight excluding hydrogens is 1210 g/mol. The van der Waals surface area contributed by atoms with Gasteiger partial charge in [0, 0.05) is 42.8 Å². The molecule has 0 fully saturated rings. The Morgan fingerprint density at radius 3 is 1.59 bits per heavy atom. The molecule has 12 atom stereocenters. The van der Waals surface area contributed by atoms with E-state index in [1.807, 2.05) is 6.26 Å². The third kappa shape index (κ3) is 24.3. The summed E-state index contributed by atoms with van der Waals surface area (Å²) in [6, 6.07) is 7.39. The zero-order valence-corrected chi connectivity index (χ0v) is 54.0. The summed E-state index contributed by atoms with van der Waals surface area (Å²) in [4.78, 5) is 167. The van der Waals surface area contributed by atoms with Gasteiger partial charge in [-0.1, -0.05) is 115 Å². The van der Waals surface area contributed by atoms with Gasteiger partial charge in [-0.15, -0.1) is 0 Å². The number of thioether (sulfide) groups is 1. The van der Waals surface area contributed by atoms with Crippen molar-refractivity contribution in [1.29, 1.82) is 0 Å². The summed E-state index contributed by atoms with van der Waals surface area (Å²) in [5, 5.41) is 53.6. The number of hydrogen-bond acceptors (Lipinski definition) is 15. The molecule has 0 aliphatic heterocycles. The Morgan fingerprint density at radius 2 is 1.00 bits per heavy atom.